The van der Waals surface area contributed by atoms with Crippen molar-refractivity contribution in [2.24, 2.45) is 11.1 Å². The van der Waals surface area contributed by atoms with E-state index in [0.717, 1.165) is 10.8 Å². The smallest absolute Gasteiger partial charge is 0.459 e. The van der Waals surface area contributed by atoms with Crippen LogP contribution in [0.3, 0.4) is 0 Å². The average Bonchev–Trinajstić information content (AvgIpc) is 3.47. The van der Waals surface area contributed by atoms with Crippen molar-refractivity contribution in [1.29, 1.82) is 0 Å². The fourth-order valence-corrected chi connectivity index (χ4v) is 6.95. The Bertz CT molecular complexity index is 1530. The molecule has 0 aliphatic carbocycles. The van der Waals surface area contributed by atoms with Crippen LogP contribution in [0.1, 0.15) is 48.0 Å². The summed E-state index contributed by atoms with van der Waals surface area (Å²) in [5.74, 6) is -1.71. The van der Waals surface area contributed by atoms with Crippen molar-refractivity contribution >= 4 is 30.4 Å². The summed E-state index contributed by atoms with van der Waals surface area (Å²) in [6.07, 6.45) is 3.39. The maximum absolute atomic E-state index is 14.5. The minimum absolute atomic E-state index is 0.180. The van der Waals surface area contributed by atoms with Gasteiger partial charge in [0.2, 0.25) is 12.1 Å². The van der Waals surface area contributed by atoms with Gasteiger partial charge in [-0.25, -0.2) is 4.57 Å². The van der Waals surface area contributed by atoms with Crippen LogP contribution >= 0.6 is 7.75 Å². The Hall–Kier alpha value is -3.09. The van der Waals surface area contributed by atoms with E-state index in [1.165, 1.54) is 6.92 Å². The van der Waals surface area contributed by atoms with E-state index in [-0.39, 0.29) is 18.6 Å². The molecule has 7 atom stereocenters. The van der Waals surface area contributed by atoms with Crippen LogP contribution in [0.5, 0.6) is 5.75 Å². The van der Waals surface area contributed by atoms with Gasteiger partial charge in [-0.05, 0) is 43.7 Å². The molecular weight excluding hydrogens is 601 g/mol. The van der Waals surface area contributed by atoms with Gasteiger partial charge in [-0.3, -0.25) is 19.0 Å². The van der Waals surface area contributed by atoms with Crippen molar-refractivity contribution in [3.05, 3.63) is 66.5 Å². The molecule has 3 aliphatic rings. The van der Waals surface area contributed by atoms with Crippen molar-refractivity contribution in [1.82, 2.24) is 5.09 Å². The number of quaternary nitrogens is 1. The first-order chi connectivity index (χ1) is 21.1. The molecule has 2 aromatic carbocycles. The molecule has 0 bridgehead atoms. The Labute approximate surface area is 263 Å². The molecule has 13 heteroatoms. The SMILES string of the molecule is CC(NP(=O)(OCC1O[C@@H]([NH+]2C=CCC(C(N)=O)=C2)[C@@H]2OC(C)(C)O[C@H]12)Oc1cccc2ccccc12)C(=O)OCC(C)(C)C. The van der Waals surface area contributed by atoms with Gasteiger partial charge in [0, 0.05) is 11.8 Å². The Morgan fingerprint density at radius 1 is 1.13 bits per heavy atom. The van der Waals surface area contributed by atoms with E-state index >= 15 is 0 Å². The highest BCUT2D eigenvalue weighted by Gasteiger charge is 2.59. The van der Waals surface area contributed by atoms with Crippen LogP contribution in [0.4, 0.5) is 0 Å². The Kier molecular flexibility index (Phi) is 9.58. The van der Waals surface area contributed by atoms with Crippen molar-refractivity contribution in [3.63, 3.8) is 0 Å². The zero-order valence-electron chi connectivity index (χ0n) is 26.5. The summed E-state index contributed by atoms with van der Waals surface area (Å²) < 4.78 is 50.8. The van der Waals surface area contributed by atoms with Gasteiger partial charge in [0.05, 0.1) is 25.0 Å². The summed E-state index contributed by atoms with van der Waals surface area (Å²) in [6.45, 7) is 10.9. The highest BCUT2D eigenvalue weighted by Crippen LogP contribution is 2.48. The molecule has 2 saturated heterocycles. The fourth-order valence-electron chi connectivity index (χ4n) is 5.43. The molecule has 0 saturated carbocycles. The lowest BCUT2D eigenvalue weighted by atomic mass is 9.99. The lowest BCUT2D eigenvalue weighted by Crippen LogP contribution is -3.09. The Morgan fingerprint density at radius 3 is 2.58 bits per heavy atom. The molecule has 0 aromatic heterocycles. The van der Waals surface area contributed by atoms with E-state index in [0.29, 0.717) is 22.6 Å². The third-order valence-corrected chi connectivity index (χ3v) is 9.14. The van der Waals surface area contributed by atoms with Crippen molar-refractivity contribution in [2.75, 3.05) is 13.2 Å². The molecule has 12 nitrogen and oxygen atoms in total. The van der Waals surface area contributed by atoms with E-state index in [1.807, 2.05) is 63.4 Å². The maximum Gasteiger partial charge on any atom is 0.459 e. The van der Waals surface area contributed by atoms with E-state index in [1.54, 1.807) is 32.2 Å². The number of hydrogen-bond donors (Lipinski definition) is 3. The van der Waals surface area contributed by atoms with Gasteiger partial charge in [-0.1, -0.05) is 57.2 Å². The van der Waals surface area contributed by atoms with Crippen LogP contribution < -0.4 is 20.2 Å². The fraction of sp³-hybridized carbons (Fsp3) is 0.500. The van der Waals surface area contributed by atoms with Gasteiger partial charge in [-0.15, -0.1) is 0 Å². The predicted octanol–water partition coefficient (Wildman–Crippen LogP) is 3.33. The summed E-state index contributed by atoms with van der Waals surface area (Å²) in [6, 6.07) is 11.9. The first kappa shape index (κ1) is 33.3. The van der Waals surface area contributed by atoms with Gasteiger partial charge in [0.1, 0.15) is 30.2 Å². The highest BCUT2D eigenvalue weighted by atomic mass is 31.2. The van der Waals surface area contributed by atoms with Gasteiger partial charge in [0.25, 0.3) is 0 Å². The standard InChI is InChI=1S/C32H42N3O9P/c1-20(30(37)39-19-31(2,3)4)34-45(38,44-24-15-9-12-21-11-7-8-14-23(21)24)40-18-25-26-27(43-32(5,6)42-26)29(41-25)35-16-10-13-22(17-35)28(33)36/h7-12,14-17,20,25-27,29H,13,18-19H2,1-6H3,(H2,33,36)(H,34,38)/p+1/t20?,25?,26-,27-,29-,45?/m1/s1. The number of carbonyl (C=O) groups is 2. The Morgan fingerprint density at radius 2 is 1.84 bits per heavy atom. The van der Waals surface area contributed by atoms with Crippen molar-refractivity contribution < 1.29 is 47.0 Å². The minimum Gasteiger partial charge on any atom is -0.464 e. The number of nitrogens with one attached hydrogen (secondary N) is 2. The number of amides is 1. The van der Waals surface area contributed by atoms with E-state index in [2.05, 4.69) is 5.09 Å². The minimum atomic E-state index is -4.24. The summed E-state index contributed by atoms with van der Waals surface area (Å²) >= 11 is 0. The second kappa shape index (κ2) is 13.0. The molecule has 3 aliphatic heterocycles. The monoisotopic (exact) mass is 644 g/mol. The largest absolute Gasteiger partial charge is 0.464 e. The third kappa shape index (κ3) is 8.01. The summed E-state index contributed by atoms with van der Waals surface area (Å²) in [4.78, 5) is 25.5. The van der Waals surface area contributed by atoms with Crippen molar-refractivity contribution in [2.45, 2.75) is 84.3 Å². The lowest BCUT2D eigenvalue weighted by molar-refractivity contribution is -0.853. The molecule has 1 amide bonds. The first-order valence-electron chi connectivity index (χ1n) is 15.0. The van der Waals surface area contributed by atoms with Crippen LogP contribution in [0.15, 0.2) is 66.5 Å². The first-order valence-corrected chi connectivity index (χ1v) is 16.6. The molecule has 0 radical (unpaired) electrons. The lowest BCUT2D eigenvalue weighted by Gasteiger charge is -2.28. The van der Waals surface area contributed by atoms with Crippen molar-refractivity contribution in [3.8, 4) is 5.75 Å². The molecule has 5 rings (SSSR count). The molecule has 244 valence electrons. The second-order valence-electron chi connectivity index (χ2n) is 13.2. The molecule has 0 spiro atoms. The van der Waals surface area contributed by atoms with Gasteiger partial charge in [-0.2, -0.15) is 5.09 Å². The van der Waals surface area contributed by atoms with Crippen LogP contribution in [0.25, 0.3) is 10.8 Å². The zero-order valence-corrected chi connectivity index (χ0v) is 27.4. The van der Waals surface area contributed by atoms with Crippen LogP contribution in [0.2, 0.25) is 0 Å². The van der Waals surface area contributed by atoms with Gasteiger partial charge in [0.15, 0.2) is 11.9 Å². The molecule has 2 aromatic rings. The molecule has 2 fully saturated rings. The normalized spacial score (nSPS) is 27.8. The summed E-state index contributed by atoms with van der Waals surface area (Å²) in [7, 11) is -4.24. The number of ether oxygens (including phenoxy) is 4. The number of allylic oxidation sites excluding steroid dienone is 1. The number of esters is 1. The maximum atomic E-state index is 14.5. The highest BCUT2D eigenvalue weighted by molar-refractivity contribution is 7.52. The van der Waals surface area contributed by atoms with Gasteiger partial charge >= 0.3 is 13.7 Å². The molecule has 4 N–H and O–H groups in total. The second-order valence-corrected chi connectivity index (χ2v) is 14.9. The van der Waals surface area contributed by atoms with Gasteiger partial charge < -0.3 is 29.2 Å². The van der Waals surface area contributed by atoms with E-state index in [4.69, 9.17) is 33.7 Å². The Balaban J connectivity index is 1.38. The van der Waals surface area contributed by atoms with Crippen LogP contribution in [-0.2, 0) is 37.6 Å². The molecule has 45 heavy (non-hydrogen) atoms. The number of nitrogens with two attached hydrogens (primary N) is 1. The third-order valence-electron chi connectivity index (χ3n) is 7.51. The molecule has 3 heterocycles. The summed E-state index contributed by atoms with van der Waals surface area (Å²) in [5, 5.41) is 4.37. The van der Waals surface area contributed by atoms with E-state index < -0.39 is 56.0 Å². The number of fused-ring (bicyclic) bond motifs is 2. The number of rotatable bonds is 11. The predicted molar refractivity (Wildman–Crippen MR) is 166 cm³/mol. The van der Waals surface area contributed by atoms with Crippen LogP contribution in [-0.4, -0.2) is 61.5 Å². The molecule has 4 unspecified atom stereocenters. The number of hydrogen-bond acceptors (Lipinski definition) is 9. The average molecular weight is 645 g/mol. The quantitative estimate of drug-likeness (QED) is 0.246. The van der Waals surface area contributed by atoms with Crippen LogP contribution in [0, 0.1) is 5.41 Å². The topological polar surface area (TPSA) is 149 Å². The number of primary amides is 1. The zero-order chi connectivity index (χ0) is 32.6. The summed E-state index contributed by atoms with van der Waals surface area (Å²) in [5.41, 5.74) is 5.75. The number of carbonyl (C=O) groups excluding carboxylic acids is 2. The molecular formula is C32H43N3O9P+. The number of benzene rings is 2. The van der Waals surface area contributed by atoms with E-state index in [9.17, 15) is 14.2 Å².